The third-order valence-corrected chi connectivity index (χ3v) is 3.35. The maximum absolute atomic E-state index is 9.43. The van der Waals surface area contributed by atoms with Crippen LogP contribution in [0.1, 0.15) is 38.8 Å². The molecule has 0 aliphatic carbocycles. The molecule has 0 aliphatic heterocycles. The average molecular weight is 303 g/mol. The summed E-state index contributed by atoms with van der Waals surface area (Å²) in [5.74, 6) is 0.733. The van der Waals surface area contributed by atoms with Crippen molar-refractivity contribution in [2.75, 3.05) is 11.9 Å². The number of hydrogen-bond donors (Lipinski definition) is 2. The molecule has 0 saturated heterocycles. The first-order valence-electron chi connectivity index (χ1n) is 7.58. The first-order chi connectivity index (χ1) is 10.4. The van der Waals surface area contributed by atoms with Crippen LogP contribution in [0.4, 0.5) is 5.69 Å². The van der Waals surface area contributed by atoms with E-state index in [0.717, 1.165) is 22.6 Å². The van der Waals surface area contributed by atoms with E-state index in [4.69, 9.17) is 4.74 Å². The summed E-state index contributed by atoms with van der Waals surface area (Å²) in [6.07, 6.45) is 3.92. The van der Waals surface area contributed by atoms with Crippen LogP contribution in [-0.2, 0) is 18.7 Å². The smallest absolute Gasteiger partial charge is 0.124 e. The molecule has 0 amide bonds. The van der Waals surface area contributed by atoms with E-state index in [1.807, 2.05) is 36.0 Å². The molecule has 22 heavy (non-hydrogen) atoms. The fourth-order valence-electron chi connectivity index (χ4n) is 2.13. The highest BCUT2D eigenvalue weighted by Crippen LogP contribution is 2.23. The molecule has 0 saturated carbocycles. The van der Waals surface area contributed by atoms with E-state index in [9.17, 15) is 5.11 Å². The van der Waals surface area contributed by atoms with Crippen LogP contribution >= 0.6 is 0 Å². The number of aliphatic hydroxyl groups excluding tert-OH is 1. The van der Waals surface area contributed by atoms with E-state index in [1.165, 1.54) is 0 Å². The maximum atomic E-state index is 9.43. The molecule has 0 spiro atoms. The maximum Gasteiger partial charge on any atom is 0.124 e. The van der Waals surface area contributed by atoms with Gasteiger partial charge in [0.05, 0.1) is 24.9 Å². The van der Waals surface area contributed by atoms with Crippen LogP contribution < -0.4 is 10.1 Å². The van der Waals surface area contributed by atoms with Crippen molar-refractivity contribution < 1.29 is 9.84 Å². The van der Waals surface area contributed by atoms with Crippen molar-refractivity contribution in [3.63, 3.8) is 0 Å². The second kappa shape index (κ2) is 6.83. The molecule has 5 nitrogen and oxygen atoms in total. The standard InChI is InChI=1S/C17H25N3O2/c1-5-22-16-7-6-15(8-14(16)12-21)18-9-13-10-19-20(11-13)17(2,3)4/h6-8,10-11,18,21H,5,9,12H2,1-4H3. The number of aliphatic hydroxyl groups is 1. The third-order valence-electron chi connectivity index (χ3n) is 3.35. The summed E-state index contributed by atoms with van der Waals surface area (Å²) in [5, 5.41) is 17.2. The quantitative estimate of drug-likeness (QED) is 0.860. The predicted octanol–water partition coefficient (Wildman–Crippen LogP) is 3.14. The van der Waals surface area contributed by atoms with Crippen LogP contribution in [0.5, 0.6) is 5.75 Å². The number of rotatable bonds is 6. The Kier molecular flexibility index (Phi) is 5.08. The molecule has 2 aromatic rings. The zero-order valence-electron chi connectivity index (χ0n) is 13.8. The number of aromatic nitrogens is 2. The lowest BCUT2D eigenvalue weighted by Gasteiger charge is -2.18. The van der Waals surface area contributed by atoms with Crippen LogP contribution in [0.2, 0.25) is 0 Å². The Morgan fingerprint density at radius 3 is 2.68 bits per heavy atom. The van der Waals surface area contributed by atoms with Gasteiger partial charge in [0.15, 0.2) is 0 Å². The summed E-state index contributed by atoms with van der Waals surface area (Å²) in [7, 11) is 0. The molecule has 0 fully saturated rings. The molecule has 1 heterocycles. The second-order valence-electron chi connectivity index (χ2n) is 6.23. The molecule has 2 rings (SSSR count). The van der Waals surface area contributed by atoms with Crippen molar-refractivity contribution in [2.45, 2.75) is 46.4 Å². The van der Waals surface area contributed by atoms with Crippen molar-refractivity contribution in [1.82, 2.24) is 9.78 Å². The number of nitrogens with zero attached hydrogens (tertiary/aromatic N) is 2. The monoisotopic (exact) mass is 303 g/mol. The lowest BCUT2D eigenvalue weighted by molar-refractivity contribution is 0.267. The minimum Gasteiger partial charge on any atom is -0.494 e. The minimum absolute atomic E-state index is 0.0125. The van der Waals surface area contributed by atoms with Gasteiger partial charge in [-0.2, -0.15) is 5.10 Å². The zero-order valence-corrected chi connectivity index (χ0v) is 13.8. The van der Waals surface area contributed by atoms with Gasteiger partial charge in [0.1, 0.15) is 5.75 Å². The van der Waals surface area contributed by atoms with Crippen LogP contribution in [0.3, 0.4) is 0 Å². The van der Waals surface area contributed by atoms with E-state index in [1.54, 1.807) is 0 Å². The van der Waals surface area contributed by atoms with E-state index in [-0.39, 0.29) is 12.1 Å². The lowest BCUT2D eigenvalue weighted by atomic mass is 10.1. The van der Waals surface area contributed by atoms with Gasteiger partial charge in [0, 0.05) is 29.6 Å². The molecule has 1 aromatic carbocycles. The van der Waals surface area contributed by atoms with Gasteiger partial charge in [-0.1, -0.05) is 0 Å². The first kappa shape index (κ1) is 16.4. The van der Waals surface area contributed by atoms with Crippen LogP contribution in [0.25, 0.3) is 0 Å². The van der Waals surface area contributed by atoms with Gasteiger partial charge in [-0.15, -0.1) is 0 Å². The number of nitrogens with one attached hydrogen (secondary N) is 1. The van der Waals surface area contributed by atoms with Gasteiger partial charge < -0.3 is 15.2 Å². The van der Waals surface area contributed by atoms with Crippen LogP contribution in [-0.4, -0.2) is 21.5 Å². The summed E-state index contributed by atoms with van der Waals surface area (Å²) in [6.45, 7) is 9.54. The Hall–Kier alpha value is -2.01. The molecule has 120 valence electrons. The largest absolute Gasteiger partial charge is 0.494 e. The van der Waals surface area contributed by atoms with E-state index in [0.29, 0.717) is 13.2 Å². The molecular weight excluding hydrogens is 278 g/mol. The fourth-order valence-corrected chi connectivity index (χ4v) is 2.13. The number of anilines is 1. The Morgan fingerprint density at radius 1 is 1.32 bits per heavy atom. The Balaban J connectivity index is 2.04. The summed E-state index contributed by atoms with van der Waals surface area (Å²) >= 11 is 0. The molecule has 0 radical (unpaired) electrons. The summed E-state index contributed by atoms with van der Waals surface area (Å²) in [6, 6.07) is 5.76. The van der Waals surface area contributed by atoms with E-state index >= 15 is 0 Å². The molecule has 2 N–H and O–H groups in total. The van der Waals surface area contributed by atoms with Crippen molar-refractivity contribution in [1.29, 1.82) is 0 Å². The average Bonchev–Trinajstić information content (AvgIpc) is 2.95. The van der Waals surface area contributed by atoms with Crippen molar-refractivity contribution in [3.8, 4) is 5.75 Å². The van der Waals surface area contributed by atoms with Gasteiger partial charge in [-0.25, -0.2) is 0 Å². The molecule has 0 bridgehead atoms. The number of hydrogen-bond acceptors (Lipinski definition) is 4. The normalized spacial score (nSPS) is 11.5. The highest BCUT2D eigenvalue weighted by atomic mass is 16.5. The number of ether oxygens (including phenoxy) is 1. The molecular formula is C17H25N3O2. The molecule has 1 aromatic heterocycles. The Labute approximate surface area is 131 Å². The highest BCUT2D eigenvalue weighted by molar-refractivity contribution is 5.51. The lowest BCUT2D eigenvalue weighted by Crippen LogP contribution is -2.21. The van der Waals surface area contributed by atoms with E-state index in [2.05, 4.69) is 37.4 Å². The van der Waals surface area contributed by atoms with Gasteiger partial charge >= 0.3 is 0 Å². The van der Waals surface area contributed by atoms with Crippen molar-refractivity contribution in [2.24, 2.45) is 0 Å². The van der Waals surface area contributed by atoms with Crippen molar-refractivity contribution >= 4 is 5.69 Å². The molecule has 0 aliphatic rings. The van der Waals surface area contributed by atoms with E-state index < -0.39 is 0 Å². The van der Waals surface area contributed by atoms with Crippen LogP contribution in [0.15, 0.2) is 30.6 Å². The second-order valence-corrected chi connectivity index (χ2v) is 6.23. The SMILES string of the molecule is CCOc1ccc(NCc2cnn(C(C)(C)C)c2)cc1CO. The topological polar surface area (TPSA) is 59.3 Å². The van der Waals surface area contributed by atoms with Gasteiger partial charge in [0.2, 0.25) is 0 Å². The zero-order chi connectivity index (χ0) is 16.2. The fraction of sp³-hybridized carbons (Fsp3) is 0.471. The number of benzene rings is 1. The highest BCUT2D eigenvalue weighted by Gasteiger charge is 2.13. The Morgan fingerprint density at radius 2 is 2.09 bits per heavy atom. The predicted molar refractivity (Wildman–Crippen MR) is 88.1 cm³/mol. The summed E-state index contributed by atoms with van der Waals surface area (Å²) < 4.78 is 7.45. The summed E-state index contributed by atoms with van der Waals surface area (Å²) in [4.78, 5) is 0. The van der Waals surface area contributed by atoms with Crippen molar-refractivity contribution in [3.05, 3.63) is 41.7 Å². The first-order valence-corrected chi connectivity index (χ1v) is 7.58. The Bertz CT molecular complexity index is 615. The molecule has 0 atom stereocenters. The summed E-state index contributed by atoms with van der Waals surface area (Å²) in [5.41, 5.74) is 2.85. The van der Waals surface area contributed by atoms with Crippen LogP contribution in [0, 0.1) is 0 Å². The minimum atomic E-state index is -0.0349. The van der Waals surface area contributed by atoms with Gasteiger partial charge in [0.25, 0.3) is 0 Å². The third kappa shape index (κ3) is 4.01. The molecule has 0 unspecified atom stereocenters. The van der Waals surface area contributed by atoms with Gasteiger partial charge in [-0.3, -0.25) is 4.68 Å². The molecule has 5 heteroatoms. The van der Waals surface area contributed by atoms with Gasteiger partial charge in [-0.05, 0) is 45.9 Å².